The highest BCUT2D eigenvalue weighted by Gasteiger charge is 2.29. The number of nitrogens with one attached hydrogen (secondary N) is 3. The van der Waals surface area contributed by atoms with Crippen LogP contribution in [0.4, 0.5) is 11.6 Å². The molecule has 1 saturated heterocycles. The summed E-state index contributed by atoms with van der Waals surface area (Å²) >= 11 is 0. The van der Waals surface area contributed by atoms with Gasteiger partial charge in [-0.25, -0.2) is 15.0 Å². The minimum Gasteiger partial charge on any atom is -0.487 e. The molecule has 250 valence electrons. The number of nitrogens with zero attached hydrogens (tertiary/aromatic N) is 7. The van der Waals surface area contributed by atoms with E-state index in [4.69, 9.17) is 29.5 Å². The van der Waals surface area contributed by atoms with Crippen LogP contribution in [0.3, 0.4) is 0 Å². The predicted molar refractivity (Wildman–Crippen MR) is 179 cm³/mol. The average Bonchev–Trinajstić information content (AvgIpc) is 3.51. The highest BCUT2D eigenvalue weighted by atomic mass is 16.5. The lowest BCUT2D eigenvalue weighted by atomic mass is 9.90. The van der Waals surface area contributed by atoms with Crippen molar-refractivity contribution in [1.82, 2.24) is 30.0 Å². The number of hydrogen-bond donors (Lipinski definition) is 3. The van der Waals surface area contributed by atoms with Gasteiger partial charge in [0.15, 0.2) is 0 Å². The van der Waals surface area contributed by atoms with Gasteiger partial charge in [0, 0.05) is 57.2 Å². The van der Waals surface area contributed by atoms with Gasteiger partial charge in [-0.2, -0.15) is 5.26 Å². The maximum absolute atomic E-state index is 9.62. The Bertz CT molecular complexity index is 1490. The predicted octanol–water partition coefficient (Wildman–Crippen LogP) is 4.18. The van der Waals surface area contributed by atoms with Crippen molar-refractivity contribution in [1.29, 1.82) is 10.7 Å². The number of methoxy groups -OCH3 is 1. The summed E-state index contributed by atoms with van der Waals surface area (Å²) in [5, 5.41) is 27.7. The summed E-state index contributed by atoms with van der Waals surface area (Å²) in [6.45, 7) is 7.12. The average molecular weight is 645 g/mol. The van der Waals surface area contributed by atoms with Crippen molar-refractivity contribution < 1.29 is 18.9 Å². The van der Waals surface area contributed by atoms with Crippen molar-refractivity contribution in [2.75, 3.05) is 58.5 Å². The summed E-state index contributed by atoms with van der Waals surface area (Å²) in [5.74, 6) is 1.40. The molecule has 0 spiro atoms. The van der Waals surface area contributed by atoms with Gasteiger partial charge in [-0.05, 0) is 50.3 Å². The lowest BCUT2D eigenvalue weighted by Crippen LogP contribution is -2.45. The van der Waals surface area contributed by atoms with E-state index >= 15 is 0 Å². The topological polar surface area (TPSA) is 168 Å². The third-order valence-electron chi connectivity index (χ3n) is 8.34. The van der Waals surface area contributed by atoms with E-state index in [9.17, 15) is 5.26 Å². The number of ether oxygens (including phenoxy) is 4. The first-order chi connectivity index (χ1) is 23.1. The molecule has 0 bridgehead atoms. The molecule has 1 atom stereocenters. The first-order valence-electron chi connectivity index (χ1n) is 16.1. The molecular weight excluding hydrogens is 600 g/mol. The summed E-state index contributed by atoms with van der Waals surface area (Å²) in [6, 6.07) is 8.48. The van der Waals surface area contributed by atoms with E-state index in [0.717, 1.165) is 75.9 Å². The van der Waals surface area contributed by atoms with Crippen molar-refractivity contribution in [2.45, 2.75) is 57.2 Å². The molecule has 1 aliphatic carbocycles. The fraction of sp³-hybridized carbons (Fsp3) is 0.515. The van der Waals surface area contributed by atoms with Gasteiger partial charge < -0.3 is 29.6 Å². The molecule has 1 aromatic carbocycles. The summed E-state index contributed by atoms with van der Waals surface area (Å²) in [5.41, 5.74) is 2.74. The van der Waals surface area contributed by atoms with Gasteiger partial charge in [0.1, 0.15) is 29.9 Å². The van der Waals surface area contributed by atoms with E-state index in [2.05, 4.69) is 36.6 Å². The minimum absolute atomic E-state index is 0.246. The molecule has 1 aliphatic heterocycles. The van der Waals surface area contributed by atoms with Crippen LogP contribution in [0.15, 0.2) is 41.8 Å². The fourth-order valence-corrected chi connectivity index (χ4v) is 5.88. The smallest absolute Gasteiger partial charge is 0.256 e. The van der Waals surface area contributed by atoms with Crippen molar-refractivity contribution in [3.63, 3.8) is 0 Å². The number of rotatable bonds is 16. The Morgan fingerprint density at radius 3 is 2.62 bits per heavy atom. The quantitative estimate of drug-likeness (QED) is 0.116. The zero-order chi connectivity index (χ0) is 32.8. The highest BCUT2D eigenvalue weighted by Crippen LogP contribution is 2.35. The van der Waals surface area contributed by atoms with Crippen molar-refractivity contribution in [3.05, 3.63) is 42.4 Å². The lowest BCUT2D eigenvalue weighted by molar-refractivity contribution is 0.00503. The Labute approximate surface area is 275 Å². The van der Waals surface area contributed by atoms with Crippen molar-refractivity contribution in [3.8, 4) is 28.8 Å². The Balaban J connectivity index is 1.26. The summed E-state index contributed by atoms with van der Waals surface area (Å²) in [4.78, 5) is 15.4. The fourth-order valence-electron chi connectivity index (χ4n) is 5.88. The molecule has 0 amide bonds. The molecule has 3 N–H and O–H groups in total. The molecule has 3 aromatic rings. The maximum atomic E-state index is 9.62. The number of benzene rings is 1. The lowest BCUT2D eigenvalue weighted by Gasteiger charge is -2.38. The van der Waals surface area contributed by atoms with Crippen LogP contribution in [0.5, 0.6) is 11.6 Å². The van der Waals surface area contributed by atoms with Gasteiger partial charge in [-0.1, -0.05) is 6.07 Å². The molecule has 0 radical (unpaired) electrons. The van der Waals surface area contributed by atoms with E-state index in [1.165, 1.54) is 6.34 Å². The van der Waals surface area contributed by atoms with E-state index in [-0.39, 0.29) is 6.10 Å². The normalized spacial score (nSPS) is 19.2. The van der Waals surface area contributed by atoms with Gasteiger partial charge in [-0.15, -0.1) is 5.10 Å². The molecule has 14 heteroatoms. The van der Waals surface area contributed by atoms with Crippen molar-refractivity contribution >= 4 is 24.3 Å². The first-order valence-corrected chi connectivity index (χ1v) is 16.1. The molecule has 5 rings (SSSR count). The van der Waals surface area contributed by atoms with Crippen LogP contribution >= 0.6 is 0 Å². The molecule has 2 aromatic heterocycles. The molecular formula is C33H44N10O4. The van der Waals surface area contributed by atoms with Crippen LogP contribution in [0, 0.1) is 16.7 Å². The van der Waals surface area contributed by atoms with Crippen LogP contribution in [-0.2, 0) is 9.47 Å². The largest absolute Gasteiger partial charge is 0.487 e. The molecule has 3 heterocycles. The summed E-state index contributed by atoms with van der Waals surface area (Å²) < 4.78 is 24.9. The third kappa shape index (κ3) is 9.47. The van der Waals surface area contributed by atoms with E-state index < -0.39 is 0 Å². The Kier molecular flexibility index (Phi) is 12.5. The molecule has 47 heavy (non-hydrogen) atoms. The summed E-state index contributed by atoms with van der Waals surface area (Å²) in [7, 11) is 1.68. The number of morpholine rings is 1. The second kappa shape index (κ2) is 17.4. The SMILES string of the molecule is COCCCOc1nn([C@H]2CC[C@H](N3CCOCC3)CC2)cc1Nc1ncc(-c2ccc(C#N)c(O[C@@H](C)CN/C=N\C=N)c2)cn1. The third-order valence-corrected chi connectivity index (χ3v) is 8.34. The van der Waals surface area contributed by atoms with E-state index in [1.54, 1.807) is 25.6 Å². The number of nitriles is 1. The highest BCUT2D eigenvalue weighted by molar-refractivity contribution is 5.69. The van der Waals surface area contributed by atoms with Gasteiger partial charge >= 0.3 is 0 Å². The standard InChI is InChI=1S/C33H44N10O4/c1-24(18-36-23-37-22-35)47-31-16-25(4-5-26(31)17-34)27-19-38-33(39-20-27)40-30-21-43(41-32(30)46-13-3-12-44-2)29-8-6-28(7-9-29)42-10-14-45-15-11-42/h4-5,16,19-24,28-29H,3,6-15,18H2,1-2H3,(H2,35,36,37)(H,38,39,40)/t24-,28-,29-/m0/s1. The van der Waals surface area contributed by atoms with Gasteiger partial charge in [0.25, 0.3) is 5.88 Å². The zero-order valence-corrected chi connectivity index (χ0v) is 27.1. The minimum atomic E-state index is -0.246. The monoisotopic (exact) mass is 644 g/mol. The van der Waals surface area contributed by atoms with Crippen LogP contribution in [-0.4, -0.2) is 103 Å². The van der Waals surface area contributed by atoms with Crippen LogP contribution in [0.2, 0.25) is 0 Å². The van der Waals surface area contributed by atoms with Gasteiger partial charge in [0.05, 0.1) is 50.5 Å². The molecule has 0 unspecified atom stereocenters. The molecule has 14 nitrogen and oxygen atoms in total. The van der Waals surface area contributed by atoms with Crippen molar-refractivity contribution in [2.24, 2.45) is 4.99 Å². The Morgan fingerprint density at radius 2 is 1.89 bits per heavy atom. The van der Waals surface area contributed by atoms with Gasteiger partial charge in [0.2, 0.25) is 5.95 Å². The van der Waals surface area contributed by atoms with Crippen LogP contribution in [0.1, 0.15) is 50.6 Å². The number of aromatic nitrogens is 4. The molecule has 2 aliphatic rings. The number of anilines is 2. The van der Waals surface area contributed by atoms with Gasteiger partial charge in [-0.3, -0.25) is 15.0 Å². The van der Waals surface area contributed by atoms with Crippen LogP contribution < -0.4 is 20.1 Å². The maximum Gasteiger partial charge on any atom is 0.256 e. The Morgan fingerprint density at radius 1 is 1.13 bits per heavy atom. The second-order valence-corrected chi connectivity index (χ2v) is 11.6. The molecule has 1 saturated carbocycles. The zero-order valence-electron chi connectivity index (χ0n) is 27.1. The summed E-state index contributed by atoms with van der Waals surface area (Å²) in [6.07, 6.45) is 12.7. The molecule has 2 fully saturated rings. The number of hydrogen-bond acceptors (Lipinski definition) is 11. The second-order valence-electron chi connectivity index (χ2n) is 11.6. The Hall–Kier alpha value is -4.58. The van der Waals surface area contributed by atoms with E-state index in [1.807, 2.05) is 29.9 Å². The van der Waals surface area contributed by atoms with Crippen LogP contribution in [0.25, 0.3) is 11.1 Å². The first kappa shape index (κ1) is 33.8. The van der Waals surface area contributed by atoms with E-state index in [0.29, 0.717) is 60.7 Å². The number of aliphatic imine (C=N–C) groups is 1.